The van der Waals surface area contributed by atoms with E-state index in [2.05, 4.69) is 11.1 Å². The maximum absolute atomic E-state index is 9.11. The first-order valence-corrected chi connectivity index (χ1v) is 6.00. The van der Waals surface area contributed by atoms with Crippen molar-refractivity contribution in [2.75, 3.05) is 7.11 Å². The number of aryl methyl sites for hydroxylation is 2. The van der Waals surface area contributed by atoms with Crippen LogP contribution in [0.2, 0.25) is 0 Å². The molecule has 1 heterocycles. The summed E-state index contributed by atoms with van der Waals surface area (Å²) >= 11 is 1.41. The minimum absolute atomic E-state index is 0.631. The van der Waals surface area contributed by atoms with Gasteiger partial charge in [-0.1, -0.05) is 11.6 Å². The Bertz CT molecular complexity index is 596. The summed E-state index contributed by atoms with van der Waals surface area (Å²) in [6.45, 7) is 3.91. The number of methoxy groups -OCH3 is 1. The molecule has 0 saturated heterocycles. The molecule has 1 aromatic heterocycles. The molecule has 86 valence electrons. The van der Waals surface area contributed by atoms with Crippen molar-refractivity contribution in [3.8, 4) is 23.1 Å². The minimum atomic E-state index is 0.631. The van der Waals surface area contributed by atoms with Gasteiger partial charge in [-0.15, -0.1) is 11.3 Å². The molecule has 0 fully saturated rings. The van der Waals surface area contributed by atoms with Crippen molar-refractivity contribution in [1.82, 2.24) is 4.98 Å². The minimum Gasteiger partial charge on any atom is -0.496 e. The summed E-state index contributed by atoms with van der Waals surface area (Å²) in [6, 6.07) is 8.06. The molecule has 0 spiro atoms. The van der Waals surface area contributed by atoms with Crippen molar-refractivity contribution in [2.45, 2.75) is 13.8 Å². The summed E-state index contributed by atoms with van der Waals surface area (Å²) in [4.78, 5) is 5.05. The molecule has 0 atom stereocenters. The molecular weight excluding hydrogens is 232 g/mol. The number of hydrogen-bond acceptors (Lipinski definition) is 4. The van der Waals surface area contributed by atoms with Crippen LogP contribution in [0.3, 0.4) is 0 Å². The summed E-state index contributed by atoms with van der Waals surface area (Å²) < 4.78 is 5.32. The first kappa shape index (κ1) is 11.6. The number of nitrogens with zero attached hydrogens (tertiary/aromatic N) is 2. The second-order valence-electron chi connectivity index (χ2n) is 3.73. The predicted octanol–water partition coefficient (Wildman–Crippen LogP) is 3.31. The third-order valence-electron chi connectivity index (χ3n) is 2.45. The molecule has 17 heavy (non-hydrogen) atoms. The van der Waals surface area contributed by atoms with Crippen molar-refractivity contribution >= 4 is 11.3 Å². The van der Waals surface area contributed by atoms with Gasteiger partial charge in [0.25, 0.3) is 0 Å². The maximum atomic E-state index is 9.11. The van der Waals surface area contributed by atoms with Gasteiger partial charge in [0.2, 0.25) is 0 Å². The van der Waals surface area contributed by atoms with Crippen LogP contribution in [0.25, 0.3) is 11.3 Å². The van der Waals surface area contributed by atoms with E-state index in [0.29, 0.717) is 4.88 Å². The third-order valence-corrected chi connectivity index (χ3v) is 3.32. The molecule has 0 saturated carbocycles. The van der Waals surface area contributed by atoms with Crippen LogP contribution in [0.5, 0.6) is 5.75 Å². The normalized spacial score (nSPS) is 10.0. The van der Waals surface area contributed by atoms with Crippen LogP contribution in [-0.4, -0.2) is 12.1 Å². The monoisotopic (exact) mass is 244 g/mol. The lowest BCUT2D eigenvalue weighted by molar-refractivity contribution is 0.416. The lowest BCUT2D eigenvalue weighted by Crippen LogP contribution is -1.90. The Morgan fingerprint density at radius 2 is 2.12 bits per heavy atom. The van der Waals surface area contributed by atoms with Crippen molar-refractivity contribution < 1.29 is 4.74 Å². The fourth-order valence-electron chi connectivity index (χ4n) is 1.69. The summed E-state index contributed by atoms with van der Waals surface area (Å²) in [5.41, 5.74) is 2.72. The second kappa shape index (κ2) is 4.56. The molecule has 1 aromatic carbocycles. The average Bonchev–Trinajstić information content (AvgIpc) is 2.70. The number of benzene rings is 1. The van der Waals surface area contributed by atoms with Crippen LogP contribution in [-0.2, 0) is 0 Å². The third kappa shape index (κ3) is 2.15. The summed E-state index contributed by atoms with van der Waals surface area (Å²) in [7, 11) is 1.62. The number of thiazole rings is 1. The lowest BCUT2D eigenvalue weighted by atomic mass is 10.1. The molecule has 2 rings (SSSR count). The zero-order valence-electron chi connectivity index (χ0n) is 9.94. The molecule has 4 heteroatoms. The number of ether oxygens (including phenoxy) is 1. The fourth-order valence-corrected chi connectivity index (χ4v) is 2.42. The molecule has 0 aliphatic rings. The van der Waals surface area contributed by atoms with Crippen molar-refractivity contribution in [3.63, 3.8) is 0 Å². The van der Waals surface area contributed by atoms with Gasteiger partial charge in [0.05, 0.1) is 12.1 Å². The Labute approximate surface area is 104 Å². The molecule has 0 aliphatic heterocycles. The maximum Gasteiger partial charge on any atom is 0.133 e. The summed E-state index contributed by atoms with van der Waals surface area (Å²) in [5, 5.41) is 9.99. The predicted molar refractivity (Wildman–Crippen MR) is 68.3 cm³/mol. The fraction of sp³-hybridized carbons (Fsp3) is 0.231. The lowest BCUT2D eigenvalue weighted by Gasteiger charge is -2.07. The average molecular weight is 244 g/mol. The van der Waals surface area contributed by atoms with E-state index >= 15 is 0 Å². The summed E-state index contributed by atoms with van der Waals surface area (Å²) in [6.07, 6.45) is 0. The van der Waals surface area contributed by atoms with Gasteiger partial charge < -0.3 is 4.74 Å². The number of nitriles is 1. The van der Waals surface area contributed by atoms with Gasteiger partial charge >= 0.3 is 0 Å². The Hall–Kier alpha value is -1.86. The van der Waals surface area contributed by atoms with Gasteiger partial charge in [0.15, 0.2) is 0 Å². The molecule has 0 bridgehead atoms. The molecule has 0 aliphatic carbocycles. The van der Waals surface area contributed by atoms with E-state index in [-0.39, 0.29) is 0 Å². The highest BCUT2D eigenvalue weighted by molar-refractivity contribution is 7.12. The smallest absolute Gasteiger partial charge is 0.133 e. The summed E-state index contributed by atoms with van der Waals surface area (Å²) in [5.74, 6) is 0.748. The molecule has 0 N–H and O–H groups in total. The van der Waals surface area contributed by atoms with Crippen LogP contribution in [0.4, 0.5) is 0 Å². The zero-order chi connectivity index (χ0) is 12.4. The van der Waals surface area contributed by atoms with Gasteiger partial charge in [-0.2, -0.15) is 5.26 Å². The SMILES string of the molecule is COc1ccc(C)cc1-c1nc(C)sc1C#N. The van der Waals surface area contributed by atoms with Crippen molar-refractivity contribution in [3.05, 3.63) is 33.6 Å². The van der Waals surface area contributed by atoms with E-state index < -0.39 is 0 Å². The standard InChI is InChI=1S/C13H12N2OS/c1-8-4-5-11(16-3)10(6-8)13-12(7-14)17-9(2)15-13/h4-6H,1-3H3. The highest BCUT2D eigenvalue weighted by Crippen LogP contribution is 2.34. The first-order valence-electron chi connectivity index (χ1n) is 5.18. The number of rotatable bonds is 2. The zero-order valence-corrected chi connectivity index (χ0v) is 10.8. The van der Waals surface area contributed by atoms with Crippen LogP contribution in [0.1, 0.15) is 15.4 Å². The highest BCUT2D eigenvalue weighted by Gasteiger charge is 2.15. The largest absolute Gasteiger partial charge is 0.496 e. The Morgan fingerprint density at radius 1 is 1.35 bits per heavy atom. The van der Waals surface area contributed by atoms with Gasteiger partial charge in [0, 0.05) is 5.56 Å². The van der Waals surface area contributed by atoms with Gasteiger partial charge in [-0.3, -0.25) is 0 Å². The van der Waals surface area contributed by atoms with E-state index in [4.69, 9.17) is 10.00 Å². The van der Waals surface area contributed by atoms with E-state index in [1.54, 1.807) is 7.11 Å². The first-order chi connectivity index (χ1) is 8.15. The molecule has 0 unspecified atom stereocenters. The van der Waals surface area contributed by atoms with E-state index in [0.717, 1.165) is 27.6 Å². The molecule has 2 aromatic rings. The van der Waals surface area contributed by atoms with E-state index in [9.17, 15) is 0 Å². The van der Waals surface area contributed by atoms with E-state index in [1.165, 1.54) is 11.3 Å². The molecule has 0 radical (unpaired) electrons. The molecule has 3 nitrogen and oxygen atoms in total. The van der Waals surface area contributed by atoms with Crippen LogP contribution in [0, 0.1) is 25.2 Å². The van der Waals surface area contributed by atoms with Crippen LogP contribution in [0.15, 0.2) is 18.2 Å². The quantitative estimate of drug-likeness (QED) is 0.814. The molecule has 0 amide bonds. The Kier molecular flexibility index (Phi) is 3.12. The Balaban J connectivity index is 2.67. The van der Waals surface area contributed by atoms with Gasteiger partial charge in [-0.05, 0) is 26.0 Å². The van der Waals surface area contributed by atoms with Crippen LogP contribution >= 0.6 is 11.3 Å². The second-order valence-corrected chi connectivity index (χ2v) is 4.93. The van der Waals surface area contributed by atoms with Crippen molar-refractivity contribution in [1.29, 1.82) is 5.26 Å². The van der Waals surface area contributed by atoms with Crippen LogP contribution < -0.4 is 4.74 Å². The number of aromatic nitrogens is 1. The van der Waals surface area contributed by atoms with E-state index in [1.807, 2.05) is 32.0 Å². The topological polar surface area (TPSA) is 45.9 Å². The van der Waals surface area contributed by atoms with Gasteiger partial charge in [-0.25, -0.2) is 4.98 Å². The Morgan fingerprint density at radius 3 is 2.76 bits per heavy atom. The highest BCUT2D eigenvalue weighted by atomic mass is 32.1. The van der Waals surface area contributed by atoms with Gasteiger partial charge in [0.1, 0.15) is 22.4 Å². The molecular formula is C13H12N2OS. The van der Waals surface area contributed by atoms with Crippen molar-refractivity contribution in [2.24, 2.45) is 0 Å². The number of hydrogen-bond donors (Lipinski definition) is 0.